The molecule has 1 aromatic heterocycles. The largest absolute Gasteiger partial charge is 0.453 e. The van der Waals surface area contributed by atoms with Crippen molar-refractivity contribution in [1.82, 2.24) is 9.97 Å². The van der Waals surface area contributed by atoms with Crippen LogP contribution in [0.4, 0.5) is 0 Å². The van der Waals surface area contributed by atoms with Crippen LogP contribution in [0.2, 0.25) is 5.02 Å². The summed E-state index contributed by atoms with van der Waals surface area (Å²) in [6.07, 6.45) is 1.32. The third-order valence-electron chi connectivity index (χ3n) is 3.17. The van der Waals surface area contributed by atoms with Gasteiger partial charge in [-0.1, -0.05) is 35.9 Å². The van der Waals surface area contributed by atoms with E-state index in [1.54, 1.807) is 42.5 Å². The zero-order valence-electron chi connectivity index (χ0n) is 11.9. The summed E-state index contributed by atoms with van der Waals surface area (Å²) in [5, 5.41) is 0.319. The number of nitrogens with zero attached hydrogens (tertiary/aromatic N) is 2. The van der Waals surface area contributed by atoms with Gasteiger partial charge in [0.05, 0.1) is 22.3 Å². The fourth-order valence-electron chi connectivity index (χ4n) is 2.03. The fraction of sp³-hybridized carbons (Fsp3) is 0.0588. The van der Waals surface area contributed by atoms with E-state index in [-0.39, 0.29) is 11.5 Å². The van der Waals surface area contributed by atoms with Crippen molar-refractivity contribution in [2.24, 2.45) is 0 Å². The number of hydrogen-bond donors (Lipinski definition) is 0. The molecular formula is C17H11ClN2O3. The van der Waals surface area contributed by atoms with E-state index < -0.39 is 12.6 Å². The summed E-state index contributed by atoms with van der Waals surface area (Å²) in [5.41, 5.74) is 1.62. The van der Waals surface area contributed by atoms with E-state index in [1.807, 2.05) is 6.07 Å². The van der Waals surface area contributed by atoms with Gasteiger partial charge >= 0.3 is 5.97 Å². The second kappa shape index (κ2) is 6.54. The minimum atomic E-state index is -0.705. The highest BCUT2D eigenvalue weighted by atomic mass is 35.5. The number of Topliss-reactive ketones (excluding diaryl/α,β-unsaturated/α-hetero) is 1. The van der Waals surface area contributed by atoms with Crippen LogP contribution in [0.3, 0.4) is 0 Å². The molecule has 0 N–H and O–H groups in total. The molecule has 0 amide bonds. The number of fused-ring (bicyclic) bond motifs is 1. The second-order valence-electron chi connectivity index (χ2n) is 4.72. The first-order valence-corrected chi connectivity index (χ1v) is 7.19. The van der Waals surface area contributed by atoms with E-state index in [0.29, 0.717) is 21.6 Å². The highest BCUT2D eigenvalue weighted by Crippen LogP contribution is 2.16. The molecule has 0 aliphatic carbocycles. The van der Waals surface area contributed by atoms with Crippen molar-refractivity contribution < 1.29 is 14.3 Å². The molecule has 0 saturated heterocycles. The number of esters is 1. The van der Waals surface area contributed by atoms with Crippen LogP contribution < -0.4 is 0 Å². The Morgan fingerprint density at radius 2 is 1.70 bits per heavy atom. The molecule has 6 heteroatoms. The molecule has 0 bridgehead atoms. The van der Waals surface area contributed by atoms with E-state index >= 15 is 0 Å². The Morgan fingerprint density at radius 1 is 1.00 bits per heavy atom. The Balaban J connectivity index is 1.71. The van der Waals surface area contributed by atoms with Crippen molar-refractivity contribution in [3.8, 4) is 0 Å². The van der Waals surface area contributed by atoms with Gasteiger partial charge in [-0.3, -0.25) is 9.78 Å². The molecule has 0 aliphatic heterocycles. The van der Waals surface area contributed by atoms with Gasteiger partial charge in [-0.05, 0) is 24.3 Å². The molecule has 23 heavy (non-hydrogen) atoms. The summed E-state index contributed by atoms with van der Waals surface area (Å²) < 4.78 is 5.00. The lowest BCUT2D eigenvalue weighted by atomic mass is 10.1. The Labute approximate surface area is 136 Å². The number of hydrogen-bond acceptors (Lipinski definition) is 5. The Hall–Kier alpha value is -2.79. The molecule has 2 aromatic carbocycles. The Morgan fingerprint density at radius 3 is 2.48 bits per heavy atom. The van der Waals surface area contributed by atoms with Gasteiger partial charge in [0, 0.05) is 5.56 Å². The molecule has 3 aromatic rings. The standard InChI is InChI=1S/C17H11ClN2O3/c18-12-6-2-1-5-11(12)16(21)10-23-17(22)15-9-19-13-7-3-4-8-14(13)20-15/h1-9H,10H2. The number of ketones is 1. The van der Waals surface area contributed by atoms with Crippen LogP contribution >= 0.6 is 11.6 Å². The maximum Gasteiger partial charge on any atom is 0.359 e. The number of benzene rings is 2. The first kappa shape index (κ1) is 15.1. The number of para-hydroxylation sites is 2. The zero-order chi connectivity index (χ0) is 16.2. The predicted octanol–water partition coefficient (Wildman–Crippen LogP) is 3.32. The van der Waals surface area contributed by atoms with Gasteiger partial charge in [0.15, 0.2) is 12.3 Å². The summed E-state index contributed by atoms with van der Waals surface area (Å²) >= 11 is 5.93. The van der Waals surface area contributed by atoms with Gasteiger partial charge in [0.25, 0.3) is 0 Å². The van der Waals surface area contributed by atoms with Gasteiger partial charge in [0.2, 0.25) is 5.78 Å². The molecule has 0 spiro atoms. The third-order valence-corrected chi connectivity index (χ3v) is 3.50. The number of halogens is 1. The summed E-state index contributed by atoms with van der Waals surface area (Å²) in [5.74, 6) is -1.08. The highest BCUT2D eigenvalue weighted by Gasteiger charge is 2.15. The maximum absolute atomic E-state index is 12.0. The maximum atomic E-state index is 12.0. The lowest BCUT2D eigenvalue weighted by Gasteiger charge is -2.05. The van der Waals surface area contributed by atoms with Crippen LogP contribution in [0.1, 0.15) is 20.8 Å². The van der Waals surface area contributed by atoms with Crippen LogP contribution in [-0.4, -0.2) is 28.3 Å². The normalized spacial score (nSPS) is 10.5. The highest BCUT2D eigenvalue weighted by molar-refractivity contribution is 6.34. The van der Waals surface area contributed by atoms with Gasteiger partial charge in [0.1, 0.15) is 0 Å². The smallest absolute Gasteiger partial charge is 0.359 e. The molecule has 0 unspecified atom stereocenters. The average Bonchev–Trinajstić information content (AvgIpc) is 2.59. The van der Waals surface area contributed by atoms with Crippen LogP contribution in [0.15, 0.2) is 54.7 Å². The van der Waals surface area contributed by atoms with Crippen molar-refractivity contribution in [3.05, 3.63) is 71.0 Å². The average molecular weight is 327 g/mol. The van der Waals surface area contributed by atoms with E-state index in [4.69, 9.17) is 16.3 Å². The number of rotatable bonds is 4. The molecular weight excluding hydrogens is 316 g/mol. The second-order valence-corrected chi connectivity index (χ2v) is 5.13. The van der Waals surface area contributed by atoms with Gasteiger partial charge < -0.3 is 4.74 Å². The first-order valence-electron chi connectivity index (χ1n) is 6.82. The molecule has 0 fully saturated rings. The van der Waals surface area contributed by atoms with E-state index in [0.717, 1.165) is 0 Å². The lowest BCUT2D eigenvalue weighted by molar-refractivity contribution is 0.0469. The monoisotopic (exact) mass is 326 g/mol. The predicted molar refractivity (Wildman–Crippen MR) is 85.6 cm³/mol. The van der Waals surface area contributed by atoms with Crippen molar-refractivity contribution in [1.29, 1.82) is 0 Å². The summed E-state index contributed by atoms with van der Waals surface area (Å²) in [6.45, 7) is -0.406. The Bertz CT molecular complexity index is 896. The first-order chi connectivity index (χ1) is 11.1. The number of aromatic nitrogens is 2. The minimum Gasteiger partial charge on any atom is -0.453 e. The van der Waals surface area contributed by atoms with Crippen molar-refractivity contribution in [2.45, 2.75) is 0 Å². The van der Waals surface area contributed by atoms with Crippen LogP contribution in [0.25, 0.3) is 11.0 Å². The molecule has 114 valence electrons. The molecule has 0 radical (unpaired) electrons. The van der Waals surface area contributed by atoms with Crippen LogP contribution in [0.5, 0.6) is 0 Å². The van der Waals surface area contributed by atoms with Gasteiger partial charge in [-0.25, -0.2) is 9.78 Å². The molecule has 0 atom stereocenters. The van der Waals surface area contributed by atoms with Crippen molar-refractivity contribution in [2.75, 3.05) is 6.61 Å². The minimum absolute atomic E-state index is 0.0515. The zero-order valence-corrected chi connectivity index (χ0v) is 12.7. The summed E-state index contributed by atoms with van der Waals surface area (Å²) in [7, 11) is 0. The number of ether oxygens (including phenoxy) is 1. The molecule has 5 nitrogen and oxygen atoms in total. The molecule has 1 heterocycles. The Kier molecular flexibility index (Phi) is 4.30. The van der Waals surface area contributed by atoms with Crippen LogP contribution in [0, 0.1) is 0 Å². The van der Waals surface area contributed by atoms with E-state index in [1.165, 1.54) is 6.20 Å². The quantitative estimate of drug-likeness (QED) is 0.543. The SMILES string of the molecule is O=C(OCC(=O)c1ccccc1Cl)c1cnc2ccccc2n1. The topological polar surface area (TPSA) is 69.2 Å². The summed E-state index contributed by atoms with van der Waals surface area (Å²) in [4.78, 5) is 32.3. The number of carbonyl (C=O) groups is 2. The lowest BCUT2D eigenvalue weighted by Crippen LogP contribution is -2.15. The summed E-state index contributed by atoms with van der Waals surface area (Å²) in [6, 6.07) is 13.8. The fourth-order valence-corrected chi connectivity index (χ4v) is 2.27. The molecule has 3 rings (SSSR count). The van der Waals surface area contributed by atoms with E-state index in [2.05, 4.69) is 9.97 Å². The van der Waals surface area contributed by atoms with Crippen molar-refractivity contribution in [3.63, 3.8) is 0 Å². The molecule has 0 aliphatic rings. The van der Waals surface area contributed by atoms with E-state index in [9.17, 15) is 9.59 Å². The molecule has 0 saturated carbocycles. The number of carbonyl (C=O) groups excluding carboxylic acids is 2. The van der Waals surface area contributed by atoms with Gasteiger partial charge in [-0.2, -0.15) is 0 Å². The third kappa shape index (κ3) is 3.35. The van der Waals surface area contributed by atoms with Crippen LogP contribution in [-0.2, 0) is 4.74 Å². The van der Waals surface area contributed by atoms with Gasteiger partial charge in [-0.15, -0.1) is 0 Å². The van der Waals surface area contributed by atoms with Crippen molar-refractivity contribution >= 4 is 34.4 Å².